The van der Waals surface area contributed by atoms with Crippen molar-refractivity contribution in [2.24, 2.45) is 5.92 Å². The van der Waals surface area contributed by atoms with Crippen molar-refractivity contribution in [1.82, 2.24) is 15.1 Å². The second-order valence-corrected chi connectivity index (χ2v) is 5.34. The van der Waals surface area contributed by atoms with Gasteiger partial charge in [-0.2, -0.15) is 5.10 Å². The Kier molecular flexibility index (Phi) is 3.23. The fraction of sp³-hybridized carbons (Fsp3) is 0.467. The molecule has 1 aliphatic heterocycles. The normalized spacial score (nSPS) is 19.8. The quantitative estimate of drug-likeness (QED) is 0.899. The van der Waals surface area contributed by atoms with Crippen molar-refractivity contribution in [2.45, 2.75) is 26.2 Å². The van der Waals surface area contributed by atoms with E-state index >= 15 is 0 Å². The molecule has 0 saturated carbocycles. The smallest absolute Gasteiger partial charge is 0.253 e. The van der Waals surface area contributed by atoms with E-state index in [-0.39, 0.29) is 5.91 Å². The second kappa shape index (κ2) is 5.03. The number of nitrogens with one attached hydrogen (secondary N) is 1. The van der Waals surface area contributed by atoms with Crippen molar-refractivity contribution < 1.29 is 4.79 Å². The lowest BCUT2D eigenvalue weighted by molar-refractivity contribution is 0.0671. The average Bonchev–Trinajstić information content (AvgIpc) is 2.94. The molecule has 2 heterocycles. The zero-order valence-electron chi connectivity index (χ0n) is 11.2. The summed E-state index contributed by atoms with van der Waals surface area (Å²) in [5.41, 5.74) is 1.68. The summed E-state index contributed by atoms with van der Waals surface area (Å²) >= 11 is 0. The highest BCUT2D eigenvalue weighted by atomic mass is 16.2. The highest BCUT2D eigenvalue weighted by molar-refractivity contribution is 5.97. The lowest BCUT2D eigenvalue weighted by Gasteiger charge is -2.32. The van der Waals surface area contributed by atoms with Crippen molar-refractivity contribution in [2.75, 3.05) is 13.1 Å². The van der Waals surface area contributed by atoms with Crippen molar-refractivity contribution in [3.8, 4) is 0 Å². The molecule has 100 valence electrons. The fourth-order valence-electron chi connectivity index (χ4n) is 2.84. The van der Waals surface area contributed by atoms with E-state index < -0.39 is 0 Å². The van der Waals surface area contributed by atoms with Gasteiger partial charge in [0.05, 0.1) is 11.7 Å². The molecule has 0 aliphatic carbocycles. The molecule has 1 atom stereocenters. The van der Waals surface area contributed by atoms with Crippen LogP contribution in [0.2, 0.25) is 0 Å². The van der Waals surface area contributed by atoms with Crippen LogP contribution in [0.5, 0.6) is 0 Å². The summed E-state index contributed by atoms with van der Waals surface area (Å²) in [5, 5.41) is 7.95. The minimum absolute atomic E-state index is 0.148. The number of H-pyrrole nitrogens is 1. The Balaban J connectivity index is 1.82. The van der Waals surface area contributed by atoms with E-state index in [9.17, 15) is 4.79 Å². The number of aromatic nitrogens is 2. The van der Waals surface area contributed by atoms with Crippen LogP contribution in [0.1, 0.15) is 36.5 Å². The molecule has 4 heteroatoms. The zero-order chi connectivity index (χ0) is 13.2. The highest BCUT2D eigenvalue weighted by Gasteiger charge is 2.23. The van der Waals surface area contributed by atoms with Gasteiger partial charge in [0.2, 0.25) is 0 Å². The number of rotatable bonds is 2. The Morgan fingerprint density at radius 3 is 3.26 bits per heavy atom. The molecule has 1 unspecified atom stereocenters. The van der Waals surface area contributed by atoms with Gasteiger partial charge in [0.25, 0.3) is 5.91 Å². The van der Waals surface area contributed by atoms with Crippen LogP contribution in [0.15, 0.2) is 24.4 Å². The number of nitrogens with zero attached hydrogens (tertiary/aromatic N) is 2. The Hall–Kier alpha value is -1.84. The molecule has 0 bridgehead atoms. The highest BCUT2D eigenvalue weighted by Crippen LogP contribution is 2.22. The summed E-state index contributed by atoms with van der Waals surface area (Å²) in [6, 6.07) is 5.75. The van der Waals surface area contributed by atoms with Crippen LogP contribution in [0.25, 0.3) is 10.9 Å². The van der Waals surface area contributed by atoms with Crippen LogP contribution in [-0.2, 0) is 0 Å². The predicted molar refractivity (Wildman–Crippen MR) is 75.0 cm³/mol. The van der Waals surface area contributed by atoms with Crippen LogP contribution in [-0.4, -0.2) is 34.1 Å². The summed E-state index contributed by atoms with van der Waals surface area (Å²) in [4.78, 5) is 14.5. The van der Waals surface area contributed by atoms with Gasteiger partial charge in [0.15, 0.2) is 0 Å². The van der Waals surface area contributed by atoms with Gasteiger partial charge in [-0.05, 0) is 30.9 Å². The molecular formula is C15H19N3O. The summed E-state index contributed by atoms with van der Waals surface area (Å²) in [6.45, 7) is 3.99. The molecule has 2 aromatic rings. The second-order valence-electron chi connectivity index (χ2n) is 5.34. The first-order valence-corrected chi connectivity index (χ1v) is 7.00. The van der Waals surface area contributed by atoms with Crippen LogP contribution >= 0.6 is 0 Å². The van der Waals surface area contributed by atoms with Crippen molar-refractivity contribution >= 4 is 16.8 Å². The minimum Gasteiger partial charge on any atom is -0.338 e. The van der Waals surface area contributed by atoms with Gasteiger partial charge in [-0.1, -0.05) is 19.4 Å². The van der Waals surface area contributed by atoms with Gasteiger partial charge >= 0.3 is 0 Å². The first-order chi connectivity index (χ1) is 9.28. The molecule has 3 rings (SSSR count). The predicted octanol–water partition coefficient (Wildman–Crippen LogP) is 2.83. The minimum atomic E-state index is 0.148. The number of amides is 1. The third-order valence-corrected chi connectivity index (χ3v) is 4.07. The van der Waals surface area contributed by atoms with E-state index in [2.05, 4.69) is 17.1 Å². The Labute approximate surface area is 112 Å². The van der Waals surface area contributed by atoms with Crippen molar-refractivity contribution in [3.63, 3.8) is 0 Å². The van der Waals surface area contributed by atoms with Crippen molar-refractivity contribution in [1.29, 1.82) is 0 Å². The molecule has 4 nitrogen and oxygen atoms in total. The summed E-state index contributed by atoms with van der Waals surface area (Å²) in [5.74, 6) is 0.809. The van der Waals surface area contributed by atoms with E-state index in [4.69, 9.17) is 0 Å². The van der Waals surface area contributed by atoms with Crippen LogP contribution in [0.3, 0.4) is 0 Å². The maximum atomic E-state index is 12.5. The summed E-state index contributed by atoms with van der Waals surface area (Å²) < 4.78 is 0. The first-order valence-electron chi connectivity index (χ1n) is 7.00. The first kappa shape index (κ1) is 12.2. The SMILES string of the molecule is CCC1CCCN(C(=O)c2ccc3cn[nH]c3c2)C1. The number of carbonyl (C=O) groups excluding carboxylic acids is 1. The van der Waals surface area contributed by atoms with E-state index in [1.807, 2.05) is 23.1 Å². The van der Waals surface area contributed by atoms with Gasteiger partial charge < -0.3 is 4.90 Å². The van der Waals surface area contributed by atoms with Gasteiger partial charge in [-0.3, -0.25) is 9.89 Å². The van der Waals surface area contributed by atoms with Gasteiger partial charge in [0, 0.05) is 24.0 Å². The molecule has 19 heavy (non-hydrogen) atoms. The lowest BCUT2D eigenvalue weighted by Crippen LogP contribution is -2.39. The Bertz CT molecular complexity index is 590. The van der Waals surface area contributed by atoms with Crippen LogP contribution in [0.4, 0.5) is 0 Å². The fourth-order valence-corrected chi connectivity index (χ4v) is 2.84. The summed E-state index contributed by atoms with van der Waals surface area (Å²) in [7, 11) is 0. The van der Waals surface area contributed by atoms with E-state index in [1.54, 1.807) is 6.20 Å². The zero-order valence-corrected chi connectivity index (χ0v) is 11.2. The standard InChI is InChI=1S/C15H19N3O/c1-2-11-4-3-7-18(10-11)15(19)12-5-6-13-9-16-17-14(13)8-12/h5-6,8-9,11H,2-4,7,10H2,1H3,(H,16,17). The third kappa shape index (κ3) is 2.35. The molecular weight excluding hydrogens is 238 g/mol. The maximum Gasteiger partial charge on any atom is 0.253 e. The van der Waals surface area contributed by atoms with E-state index in [0.29, 0.717) is 5.92 Å². The molecule has 1 N–H and O–H groups in total. The Morgan fingerprint density at radius 1 is 1.53 bits per heavy atom. The number of aromatic amines is 1. The molecule has 1 aromatic carbocycles. The number of likely N-dealkylation sites (tertiary alicyclic amines) is 1. The lowest BCUT2D eigenvalue weighted by atomic mass is 9.95. The number of fused-ring (bicyclic) bond motifs is 1. The molecule has 0 spiro atoms. The summed E-state index contributed by atoms with van der Waals surface area (Å²) in [6.07, 6.45) is 5.30. The van der Waals surface area contributed by atoms with E-state index in [1.165, 1.54) is 6.42 Å². The molecule has 1 saturated heterocycles. The van der Waals surface area contributed by atoms with Crippen molar-refractivity contribution in [3.05, 3.63) is 30.0 Å². The average molecular weight is 257 g/mol. The number of carbonyl (C=O) groups is 1. The largest absolute Gasteiger partial charge is 0.338 e. The van der Waals surface area contributed by atoms with Gasteiger partial charge in [-0.15, -0.1) is 0 Å². The number of piperidine rings is 1. The van der Waals surface area contributed by atoms with E-state index in [0.717, 1.165) is 42.4 Å². The van der Waals surface area contributed by atoms with Crippen LogP contribution < -0.4 is 0 Å². The molecule has 0 radical (unpaired) electrons. The van der Waals surface area contributed by atoms with Crippen LogP contribution in [0, 0.1) is 5.92 Å². The third-order valence-electron chi connectivity index (χ3n) is 4.07. The Morgan fingerprint density at radius 2 is 2.42 bits per heavy atom. The number of hydrogen-bond acceptors (Lipinski definition) is 2. The number of benzene rings is 1. The monoisotopic (exact) mass is 257 g/mol. The molecule has 1 fully saturated rings. The molecule has 1 aromatic heterocycles. The molecule has 1 amide bonds. The maximum absolute atomic E-state index is 12.5. The topological polar surface area (TPSA) is 49.0 Å². The number of hydrogen-bond donors (Lipinski definition) is 1. The van der Waals surface area contributed by atoms with Gasteiger partial charge in [0.1, 0.15) is 0 Å². The van der Waals surface area contributed by atoms with Gasteiger partial charge in [-0.25, -0.2) is 0 Å². The molecule has 1 aliphatic rings.